The van der Waals surface area contributed by atoms with Crippen molar-refractivity contribution in [3.8, 4) is 22.8 Å². The van der Waals surface area contributed by atoms with Gasteiger partial charge in [0.1, 0.15) is 18.7 Å². The van der Waals surface area contributed by atoms with Gasteiger partial charge in [0, 0.05) is 11.3 Å². The van der Waals surface area contributed by atoms with Crippen LogP contribution in [0.2, 0.25) is 0 Å². The van der Waals surface area contributed by atoms with Gasteiger partial charge in [-0.25, -0.2) is 14.5 Å². The molecular formula is C24H16F6N4O3. The normalized spacial score (nSPS) is 11.7. The summed E-state index contributed by atoms with van der Waals surface area (Å²) in [6.07, 6.45) is -8.64. The fourth-order valence-electron chi connectivity index (χ4n) is 3.12. The van der Waals surface area contributed by atoms with Crippen molar-refractivity contribution < 1.29 is 40.6 Å². The summed E-state index contributed by atoms with van der Waals surface area (Å²) in [5.41, 5.74) is 1.04. The number of alkyl halides is 6. The highest BCUT2D eigenvalue weighted by molar-refractivity contribution is 5.85. The molecule has 1 N–H and O–H groups in total. The van der Waals surface area contributed by atoms with Crippen LogP contribution in [0.4, 0.5) is 36.8 Å². The van der Waals surface area contributed by atoms with Gasteiger partial charge in [0.25, 0.3) is 0 Å². The molecule has 3 aromatic carbocycles. The molecule has 192 valence electrons. The molecule has 0 spiro atoms. The van der Waals surface area contributed by atoms with Crippen LogP contribution in [-0.2, 0) is 17.5 Å². The molecule has 0 bridgehead atoms. The first-order chi connectivity index (χ1) is 17.5. The number of carbonyl (C=O) groups excluding carboxylic acids is 1. The quantitative estimate of drug-likeness (QED) is 0.289. The van der Waals surface area contributed by atoms with Gasteiger partial charge in [-0.05, 0) is 66.2 Å². The third-order valence-corrected chi connectivity index (χ3v) is 4.87. The van der Waals surface area contributed by atoms with Crippen molar-refractivity contribution in [1.82, 2.24) is 14.8 Å². The molecule has 7 nitrogen and oxygen atoms in total. The van der Waals surface area contributed by atoms with Crippen LogP contribution in [0.1, 0.15) is 11.1 Å². The van der Waals surface area contributed by atoms with Crippen molar-refractivity contribution in [2.45, 2.75) is 19.1 Å². The Bertz CT molecular complexity index is 1350. The smallest absolute Gasteiger partial charge is 0.444 e. The van der Waals surface area contributed by atoms with E-state index in [4.69, 9.17) is 4.74 Å². The van der Waals surface area contributed by atoms with E-state index >= 15 is 0 Å². The maximum absolute atomic E-state index is 12.6. The SMILES string of the molecule is O=C(Nc1ccc(-c2ncn(-c3ccc(OC(F)(F)F)cc3)n2)cc1)OCc1ccc(C(F)(F)F)cc1. The molecule has 1 aromatic heterocycles. The maximum atomic E-state index is 12.6. The van der Waals surface area contributed by atoms with Crippen LogP contribution in [0, 0.1) is 0 Å². The summed E-state index contributed by atoms with van der Waals surface area (Å²) in [4.78, 5) is 16.2. The Labute approximate surface area is 205 Å². The second-order valence-electron chi connectivity index (χ2n) is 7.53. The highest BCUT2D eigenvalue weighted by atomic mass is 19.4. The number of halogens is 6. The van der Waals surface area contributed by atoms with E-state index in [0.717, 1.165) is 24.3 Å². The topological polar surface area (TPSA) is 78.3 Å². The number of rotatable bonds is 6. The van der Waals surface area contributed by atoms with E-state index in [1.54, 1.807) is 24.3 Å². The van der Waals surface area contributed by atoms with Gasteiger partial charge in [-0.3, -0.25) is 5.32 Å². The number of anilines is 1. The summed E-state index contributed by atoms with van der Waals surface area (Å²) < 4.78 is 85.0. The summed E-state index contributed by atoms with van der Waals surface area (Å²) in [6, 6.07) is 15.7. The fraction of sp³-hybridized carbons (Fsp3) is 0.125. The Hall–Kier alpha value is -4.55. The lowest BCUT2D eigenvalue weighted by Crippen LogP contribution is -2.17. The third kappa shape index (κ3) is 6.99. The van der Waals surface area contributed by atoms with Gasteiger partial charge in [0.2, 0.25) is 0 Å². The van der Waals surface area contributed by atoms with Gasteiger partial charge in [0.15, 0.2) is 5.82 Å². The summed E-state index contributed by atoms with van der Waals surface area (Å²) in [5.74, 6) is -0.0374. The monoisotopic (exact) mass is 522 g/mol. The number of benzene rings is 3. The van der Waals surface area contributed by atoms with Crippen molar-refractivity contribution in [2.75, 3.05) is 5.32 Å². The Kier molecular flexibility index (Phi) is 7.05. The Morgan fingerprint density at radius 1 is 0.865 bits per heavy atom. The standard InChI is InChI=1S/C24H16F6N4O3/c25-23(26,27)17-5-1-15(2-6-17)13-36-22(35)32-18-7-3-16(4-8-18)21-31-14-34(33-21)19-9-11-20(12-10-19)37-24(28,29)30/h1-12,14H,13H2,(H,32,35). The minimum Gasteiger partial charge on any atom is -0.444 e. The lowest BCUT2D eigenvalue weighted by Gasteiger charge is -2.09. The molecule has 37 heavy (non-hydrogen) atoms. The zero-order valence-electron chi connectivity index (χ0n) is 18.5. The second kappa shape index (κ2) is 10.2. The number of nitrogens with zero attached hydrogens (tertiary/aromatic N) is 3. The van der Waals surface area contributed by atoms with E-state index in [9.17, 15) is 31.1 Å². The second-order valence-corrected chi connectivity index (χ2v) is 7.53. The highest BCUT2D eigenvalue weighted by Gasteiger charge is 2.31. The molecule has 0 radical (unpaired) electrons. The van der Waals surface area contributed by atoms with Crippen molar-refractivity contribution in [3.63, 3.8) is 0 Å². The third-order valence-electron chi connectivity index (χ3n) is 4.87. The van der Waals surface area contributed by atoms with E-state index in [-0.39, 0.29) is 12.4 Å². The molecule has 1 amide bonds. The Morgan fingerprint density at radius 3 is 2.11 bits per heavy atom. The molecule has 0 unspecified atom stereocenters. The molecule has 0 saturated heterocycles. The molecule has 0 saturated carbocycles. The molecule has 0 aliphatic heterocycles. The van der Waals surface area contributed by atoms with Crippen LogP contribution in [-0.4, -0.2) is 27.2 Å². The molecular weight excluding hydrogens is 506 g/mol. The first kappa shape index (κ1) is 25.5. The zero-order chi connectivity index (χ0) is 26.6. The van der Waals surface area contributed by atoms with E-state index in [2.05, 4.69) is 20.1 Å². The number of hydrogen-bond donors (Lipinski definition) is 1. The van der Waals surface area contributed by atoms with Crippen LogP contribution >= 0.6 is 0 Å². The number of ether oxygens (including phenoxy) is 2. The lowest BCUT2D eigenvalue weighted by molar-refractivity contribution is -0.274. The van der Waals surface area contributed by atoms with E-state index in [1.165, 1.54) is 35.3 Å². The van der Waals surface area contributed by atoms with Crippen LogP contribution in [0.3, 0.4) is 0 Å². The first-order valence-corrected chi connectivity index (χ1v) is 10.4. The van der Waals surface area contributed by atoms with E-state index < -0.39 is 24.2 Å². The molecule has 0 fully saturated rings. The molecule has 0 aliphatic rings. The Balaban J connectivity index is 1.32. The summed E-state index contributed by atoms with van der Waals surface area (Å²) in [7, 11) is 0. The summed E-state index contributed by atoms with van der Waals surface area (Å²) >= 11 is 0. The van der Waals surface area contributed by atoms with Crippen LogP contribution in [0.25, 0.3) is 17.1 Å². The van der Waals surface area contributed by atoms with Gasteiger partial charge >= 0.3 is 18.6 Å². The van der Waals surface area contributed by atoms with Gasteiger partial charge in [0.05, 0.1) is 11.3 Å². The van der Waals surface area contributed by atoms with Crippen LogP contribution < -0.4 is 10.1 Å². The molecule has 4 aromatic rings. The number of amides is 1. The van der Waals surface area contributed by atoms with Gasteiger partial charge in [-0.1, -0.05) is 12.1 Å². The number of hydrogen-bond acceptors (Lipinski definition) is 5. The molecule has 0 aliphatic carbocycles. The van der Waals surface area contributed by atoms with Gasteiger partial charge in [-0.15, -0.1) is 18.3 Å². The minimum atomic E-state index is -4.79. The van der Waals surface area contributed by atoms with Gasteiger partial charge in [-0.2, -0.15) is 13.2 Å². The van der Waals surface area contributed by atoms with Gasteiger partial charge < -0.3 is 9.47 Å². The molecule has 13 heteroatoms. The largest absolute Gasteiger partial charge is 0.573 e. The summed E-state index contributed by atoms with van der Waals surface area (Å²) in [5, 5.41) is 6.79. The summed E-state index contributed by atoms with van der Waals surface area (Å²) in [6.45, 7) is -0.216. The zero-order valence-corrected chi connectivity index (χ0v) is 18.5. The molecule has 4 rings (SSSR count). The number of carbonyl (C=O) groups is 1. The van der Waals surface area contributed by atoms with Crippen molar-refractivity contribution in [3.05, 3.63) is 90.3 Å². The average molecular weight is 522 g/mol. The highest BCUT2D eigenvalue weighted by Crippen LogP contribution is 2.29. The number of aromatic nitrogens is 3. The predicted molar refractivity (Wildman–Crippen MR) is 119 cm³/mol. The molecule has 1 heterocycles. The maximum Gasteiger partial charge on any atom is 0.573 e. The van der Waals surface area contributed by atoms with E-state index in [1.807, 2.05) is 0 Å². The van der Waals surface area contributed by atoms with E-state index in [0.29, 0.717) is 28.3 Å². The Morgan fingerprint density at radius 2 is 1.51 bits per heavy atom. The van der Waals surface area contributed by atoms with Crippen molar-refractivity contribution in [2.24, 2.45) is 0 Å². The number of nitrogens with one attached hydrogen (secondary N) is 1. The lowest BCUT2D eigenvalue weighted by atomic mass is 10.1. The van der Waals surface area contributed by atoms with Crippen molar-refractivity contribution >= 4 is 11.8 Å². The minimum absolute atomic E-state index is 0.216. The average Bonchev–Trinajstić information content (AvgIpc) is 3.33. The predicted octanol–water partition coefficient (Wildman–Crippen LogP) is 6.60. The van der Waals surface area contributed by atoms with Crippen LogP contribution in [0.15, 0.2) is 79.1 Å². The fourth-order valence-corrected chi connectivity index (χ4v) is 3.12. The van der Waals surface area contributed by atoms with Crippen molar-refractivity contribution in [1.29, 1.82) is 0 Å². The van der Waals surface area contributed by atoms with Crippen LogP contribution in [0.5, 0.6) is 5.75 Å². The molecule has 0 atom stereocenters. The first-order valence-electron chi connectivity index (χ1n) is 10.4.